The third-order valence-electron chi connectivity index (χ3n) is 1.34. The molecule has 1 aromatic rings. The Morgan fingerprint density at radius 2 is 2.00 bits per heavy atom. The summed E-state index contributed by atoms with van der Waals surface area (Å²) in [5, 5.41) is 2.23. The molecule has 1 rings (SSSR count). The molecule has 0 aliphatic carbocycles. The monoisotopic (exact) mass is 197 g/mol. The average molecular weight is 197 g/mol. The predicted octanol–water partition coefficient (Wildman–Crippen LogP) is 1.38. The number of ether oxygens (including phenoxy) is 1. The van der Waals surface area contributed by atoms with Gasteiger partial charge in [0.15, 0.2) is 0 Å². The van der Waals surface area contributed by atoms with Crippen molar-refractivity contribution in [3.05, 3.63) is 29.8 Å². The van der Waals surface area contributed by atoms with Crippen LogP contribution in [0.2, 0.25) is 0 Å². The van der Waals surface area contributed by atoms with Crippen molar-refractivity contribution in [1.29, 1.82) is 0 Å². The van der Waals surface area contributed by atoms with Crippen molar-refractivity contribution in [2.75, 3.05) is 0 Å². The quantitative estimate of drug-likeness (QED) is 0.575. The van der Waals surface area contributed by atoms with E-state index in [0.29, 0.717) is 11.3 Å². The van der Waals surface area contributed by atoms with Gasteiger partial charge in [-0.3, -0.25) is 4.79 Å². The van der Waals surface area contributed by atoms with Crippen LogP contribution in [0.3, 0.4) is 0 Å². The number of carbonyl (C=O) groups excluding carboxylic acids is 2. The Kier molecular flexibility index (Phi) is 3.41. The molecule has 0 spiro atoms. The molecule has 0 saturated carbocycles. The second-order valence-electron chi connectivity index (χ2n) is 2.22. The Hall–Kier alpha value is -1.41. The highest BCUT2D eigenvalue weighted by molar-refractivity contribution is 7.15. The van der Waals surface area contributed by atoms with Crippen LogP contribution in [0.5, 0.6) is 5.75 Å². The zero-order valence-corrected chi connectivity index (χ0v) is 7.84. The van der Waals surface area contributed by atoms with Crippen LogP contribution in [0.15, 0.2) is 24.3 Å². The van der Waals surface area contributed by atoms with E-state index in [1.807, 2.05) is 9.39 Å². The van der Waals surface area contributed by atoms with Gasteiger partial charge in [0, 0.05) is 5.56 Å². The zero-order chi connectivity index (χ0) is 9.68. The summed E-state index contributed by atoms with van der Waals surface area (Å²) in [6.45, 7) is 0. The first-order valence-corrected chi connectivity index (χ1v) is 4.07. The van der Waals surface area contributed by atoms with E-state index in [0.717, 1.165) is 6.29 Å². The second-order valence-corrected chi connectivity index (χ2v) is 2.51. The number of hydrogen-bond acceptors (Lipinski definition) is 3. The van der Waals surface area contributed by atoms with Crippen molar-refractivity contribution in [2.24, 2.45) is 0 Å². The Bertz CT molecular complexity index is 310. The molecule has 1 aromatic carbocycles. The van der Waals surface area contributed by atoms with Gasteiger partial charge < -0.3 is 9.82 Å². The molecule has 1 unspecified atom stereocenters. The summed E-state index contributed by atoms with van der Waals surface area (Å²) in [4.78, 5) is 21.0. The van der Waals surface area contributed by atoms with Crippen LogP contribution >= 0.6 is 9.39 Å². The first kappa shape index (κ1) is 9.68. The highest BCUT2D eigenvalue weighted by Gasteiger charge is 1.99. The lowest BCUT2D eigenvalue weighted by Gasteiger charge is -2.01. The molecule has 0 saturated heterocycles. The molecule has 1 N–H and O–H groups in total. The predicted molar refractivity (Wildman–Crippen MR) is 50.7 cm³/mol. The summed E-state index contributed by atoms with van der Waals surface area (Å²) in [6, 6.07) is 6.23. The van der Waals surface area contributed by atoms with Gasteiger partial charge in [0.05, 0.1) is 0 Å². The zero-order valence-electron chi connectivity index (χ0n) is 6.69. The van der Waals surface area contributed by atoms with E-state index in [-0.39, 0.29) is 0 Å². The van der Waals surface area contributed by atoms with Gasteiger partial charge in [0.2, 0.25) is 0 Å². The van der Waals surface area contributed by atoms with Crippen LogP contribution in [0.25, 0.3) is 0 Å². The van der Waals surface area contributed by atoms with Crippen LogP contribution in [-0.2, 0) is 0 Å². The number of hydrogen-bond donors (Lipinski definition) is 1. The lowest BCUT2D eigenvalue weighted by Crippen LogP contribution is -2.16. The van der Waals surface area contributed by atoms with Gasteiger partial charge in [-0.25, -0.2) is 4.79 Å². The van der Waals surface area contributed by atoms with Crippen molar-refractivity contribution in [3.8, 4) is 5.75 Å². The molecule has 4 nitrogen and oxygen atoms in total. The molecule has 0 bridgehead atoms. The first-order valence-electron chi connectivity index (χ1n) is 3.50. The fourth-order valence-corrected chi connectivity index (χ4v) is 0.810. The van der Waals surface area contributed by atoms with Gasteiger partial charge in [0.1, 0.15) is 12.0 Å². The Morgan fingerprint density at radius 1 is 1.38 bits per heavy atom. The first-order chi connectivity index (χ1) is 6.26. The Morgan fingerprint density at radius 3 is 2.46 bits per heavy atom. The number of carbonyl (C=O) groups is 2. The van der Waals surface area contributed by atoms with Crippen LogP contribution < -0.4 is 9.82 Å². The van der Waals surface area contributed by atoms with E-state index in [1.165, 1.54) is 0 Å². The van der Waals surface area contributed by atoms with Crippen molar-refractivity contribution >= 4 is 21.8 Å². The summed E-state index contributed by atoms with van der Waals surface area (Å²) in [5.74, 6) is 0.394. The Labute approximate surface area is 77.5 Å². The van der Waals surface area contributed by atoms with Gasteiger partial charge >= 0.3 is 6.09 Å². The molecule has 0 aliphatic heterocycles. The third kappa shape index (κ3) is 2.84. The molecule has 13 heavy (non-hydrogen) atoms. The minimum Gasteiger partial charge on any atom is -0.410 e. The highest BCUT2D eigenvalue weighted by atomic mass is 31.0. The largest absolute Gasteiger partial charge is 0.415 e. The number of benzene rings is 1. The normalized spacial score (nSPS) is 9.00. The average Bonchev–Trinajstić information content (AvgIpc) is 2.19. The molecule has 68 valence electrons. The van der Waals surface area contributed by atoms with E-state index in [2.05, 4.69) is 5.09 Å². The number of aldehydes is 1. The van der Waals surface area contributed by atoms with Gasteiger partial charge in [0.25, 0.3) is 0 Å². The van der Waals surface area contributed by atoms with Crippen molar-refractivity contribution in [1.82, 2.24) is 5.09 Å². The lowest BCUT2D eigenvalue weighted by atomic mass is 10.2. The molecular weight excluding hydrogens is 189 g/mol. The molecule has 0 aromatic heterocycles. The molecule has 0 heterocycles. The standard InChI is InChI=1S/C8H8NO3P/c10-5-6-1-3-7(4-2-6)12-8(11)9-13/h1-5H,13H2,(H,9,11). The van der Waals surface area contributed by atoms with Crippen molar-refractivity contribution in [2.45, 2.75) is 0 Å². The fraction of sp³-hybridized carbons (Fsp3) is 0. The maximum absolute atomic E-state index is 10.7. The van der Waals surface area contributed by atoms with Crippen LogP contribution in [0.4, 0.5) is 4.79 Å². The van der Waals surface area contributed by atoms with E-state index < -0.39 is 6.09 Å². The van der Waals surface area contributed by atoms with E-state index in [1.54, 1.807) is 24.3 Å². The molecule has 0 fully saturated rings. The SMILES string of the molecule is O=Cc1ccc(OC(=O)NP)cc1. The van der Waals surface area contributed by atoms with Gasteiger partial charge in [-0.05, 0) is 33.7 Å². The topological polar surface area (TPSA) is 55.4 Å². The second kappa shape index (κ2) is 4.58. The van der Waals surface area contributed by atoms with Crippen LogP contribution in [0.1, 0.15) is 10.4 Å². The molecule has 1 amide bonds. The van der Waals surface area contributed by atoms with Gasteiger partial charge in [-0.1, -0.05) is 0 Å². The number of nitrogens with one attached hydrogen (secondary N) is 1. The third-order valence-corrected chi connectivity index (χ3v) is 1.58. The summed E-state index contributed by atoms with van der Waals surface area (Å²) in [7, 11) is 2.03. The van der Waals surface area contributed by atoms with E-state index in [4.69, 9.17) is 4.74 Å². The summed E-state index contributed by atoms with van der Waals surface area (Å²) in [6.07, 6.45) is 0.156. The maximum atomic E-state index is 10.7. The minimum atomic E-state index is -0.566. The molecular formula is C8H8NO3P. The smallest absolute Gasteiger partial charge is 0.410 e. The summed E-state index contributed by atoms with van der Waals surface area (Å²) < 4.78 is 4.78. The van der Waals surface area contributed by atoms with E-state index in [9.17, 15) is 9.59 Å². The maximum Gasteiger partial charge on any atom is 0.415 e. The minimum absolute atomic E-state index is 0.394. The molecule has 1 atom stereocenters. The van der Waals surface area contributed by atoms with Crippen LogP contribution in [0, 0.1) is 0 Å². The van der Waals surface area contributed by atoms with E-state index >= 15 is 0 Å². The lowest BCUT2D eigenvalue weighted by molar-refractivity contribution is 0.112. The van der Waals surface area contributed by atoms with Crippen molar-refractivity contribution in [3.63, 3.8) is 0 Å². The molecule has 5 heteroatoms. The fourth-order valence-electron chi connectivity index (χ4n) is 0.751. The number of amides is 1. The summed E-state index contributed by atoms with van der Waals surface area (Å²) in [5.41, 5.74) is 0.540. The van der Waals surface area contributed by atoms with Gasteiger partial charge in [-0.2, -0.15) is 0 Å². The van der Waals surface area contributed by atoms with Crippen molar-refractivity contribution < 1.29 is 14.3 Å². The van der Waals surface area contributed by atoms with Gasteiger partial charge in [-0.15, -0.1) is 0 Å². The molecule has 0 radical (unpaired) electrons. The number of rotatable bonds is 2. The Balaban J connectivity index is 2.69. The molecule has 0 aliphatic rings. The van der Waals surface area contributed by atoms with Crippen LogP contribution in [-0.4, -0.2) is 12.4 Å². The highest BCUT2D eigenvalue weighted by Crippen LogP contribution is 2.10. The summed E-state index contributed by atoms with van der Waals surface area (Å²) >= 11 is 0.